The lowest BCUT2D eigenvalue weighted by atomic mass is 9.81. The van der Waals surface area contributed by atoms with Gasteiger partial charge in [-0.2, -0.15) is 0 Å². The van der Waals surface area contributed by atoms with Crippen molar-refractivity contribution in [3.8, 4) is 0 Å². The first-order chi connectivity index (χ1) is 4.51. The van der Waals surface area contributed by atoms with Crippen LogP contribution in [-0.2, 0) is 0 Å². The van der Waals surface area contributed by atoms with Gasteiger partial charge in [0.05, 0.1) is 5.60 Å². The topological polar surface area (TPSA) is 72.3 Å². The van der Waals surface area contributed by atoms with Crippen molar-refractivity contribution in [2.75, 3.05) is 0 Å². The lowest BCUT2D eigenvalue weighted by molar-refractivity contribution is 0.0103. The molecule has 1 aliphatic carbocycles. The maximum atomic E-state index is 9.53. The summed E-state index contributed by atoms with van der Waals surface area (Å²) in [6.07, 6.45) is 2.25. The highest BCUT2D eigenvalue weighted by Crippen LogP contribution is 2.25. The molecule has 1 fully saturated rings. The van der Waals surface area contributed by atoms with Crippen molar-refractivity contribution in [3.63, 3.8) is 0 Å². The highest BCUT2D eigenvalue weighted by Gasteiger charge is 2.32. The van der Waals surface area contributed by atoms with Gasteiger partial charge < -0.3 is 16.6 Å². The molecule has 3 atom stereocenters. The number of aliphatic hydroxyl groups is 1. The number of hydrogen-bond donors (Lipinski definition) is 3. The Kier molecular flexibility index (Phi) is 1.99. The molecule has 0 aromatic heterocycles. The minimum atomic E-state index is -0.574. The second-order valence-corrected chi connectivity index (χ2v) is 3.57. The van der Waals surface area contributed by atoms with E-state index >= 15 is 0 Å². The van der Waals surface area contributed by atoms with Gasteiger partial charge in [0.25, 0.3) is 0 Å². The lowest BCUT2D eigenvalue weighted by Gasteiger charge is -2.35. The average Bonchev–Trinajstić information content (AvgIpc) is 1.79. The Morgan fingerprint density at radius 2 is 2.00 bits per heavy atom. The monoisotopic (exact) mass is 144 g/mol. The maximum Gasteiger partial charge on any atom is 0.0635 e. The molecule has 2 unspecified atom stereocenters. The fourth-order valence-electron chi connectivity index (χ4n) is 1.45. The molecule has 1 rings (SSSR count). The van der Waals surface area contributed by atoms with Crippen molar-refractivity contribution >= 4 is 0 Å². The standard InChI is InChI=1S/C7H16N2O/c1-7(10)3-2-5(8)6(9)4-7/h5-6,10H,2-4,8-9H2,1H3/t5-,6?,7?/m0/s1. The Morgan fingerprint density at radius 1 is 1.40 bits per heavy atom. The van der Waals surface area contributed by atoms with Crippen LogP contribution in [-0.4, -0.2) is 22.8 Å². The van der Waals surface area contributed by atoms with Crippen LogP contribution < -0.4 is 11.5 Å². The van der Waals surface area contributed by atoms with E-state index in [1.54, 1.807) is 0 Å². The smallest absolute Gasteiger partial charge is 0.0635 e. The van der Waals surface area contributed by atoms with E-state index in [1.807, 2.05) is 6.92 Å². The third-order valence-electron chi connectivity index (χ3n) is 2.24. The minimum absolute atomic E-state index is 0.0243. The SMILES string of the molecule is CC1(O)CC[C@H](N)C(N)C1. The van der Waals surface area contributed by atoms with Gasteiger partial charge >= 0.3 is 0 Å². The molecule has 3 heteroatoms. The first kappa shape index (κ1) is 7.98. The lowest BCUT2D eigenvalue weighted by Crippen LogP contribution is -2.51. The van der Waals surface area contributed by atoms with E-state index in [-0.39, 0.29) is 12.1 Å². The molecule has 0 saturated heterocycles. The second kappa shape index (κ2) is 2.49. The van der Waals surface area contributed by atoms with E-state index in [0.29, 0.717) is 6.42 Å². The molecule has 0 heterocycles. The van der Waals surface area contributed by atoms with Crippen LogP contribution in [0.5, 0.6) is 0 Å². The third kappa shape index (κ3) is 1.68. The molecule has 60 valence electrons. The Balaban J connectivity index is 2.49. The molecule has 10 heavy (non-hydrogen) atoms. The molecule has 5 N–H and O–H groups in total. The summed E-state index contributed by atoms with van der Waals surface area (Å²) in [6, 6.07) is 0.0592. The van der Waals surface area contributed by atoms with Crippen LogP contribution in [0.1, 0.15) is 26.2 Å². The summed E-state index contributed by atoms with van der Waals surface area (Å²) >= 11 is 0. The first-order valence-electron chi connectivity index (χ1n) is 3.75. The Labute approximate surface area is 61.4 Å². The van der Waals surface area contributed by atoms with Gasteiger partial charge in [-0.3, -0.25) is 0 Å². The number of rotatable bonds is 0. The van der Waals surface area contributed by atoms with Crippen LogP contribution in [0, 0.1) is 0 Å². The predicted molar refractivity (Wildman–Crippen MR) is 40.4 cm³/mol. The summed E-state index contributed by atoms with van der Waals surface area (Å²) in [6.45, 7) is 1.82. The molecule has 3 nitrogen and oxygen atoms in total. The van der Waals surface area contributed by atoms with Crippen LogP contribution in [0.2, 0.25) is 0 Å². The van der Waals surface area contributed by atoms with Gasteiger partial charge in [0.1, 0.15) is 0 Å². The van der Waals surface area contributed by atoms with Gasteiger partial charge in [-0.05, 0) is 26.2 Å². The molecule has 1 saturated carbocycles. The van der Waals surface area contributed by atoms with Gasteiger partial charge in [0.2, 0.25) is 0 Å². The average molecular weight is 144 g/mol. The summed E-state index contributed by atoms with van der Waals surface area (Å²) < 4.78 is 0. The molecular weight excluding hydrogens is 128 g/mol. The fraction of sp³-hybridized carbons (Fsp3) is 1.00. The third-order valence-corrected chi connectivity index (χ3v) is 2.24. The fourth-order valence-corrected chi connectivity index (χ4v) is 1.45. The zero-order valence-corrected chi connectivity index (χ0v) is 6.38. The first-order valence-corrected chi connectivity index (χ1v) is 3.75. The van der Waals surface area contributed by atoms with Gasteiger partial charge in [-0.15, -0.1) is 0 Å². The van der Waals surface area contributed by atoms with Gasteiger partial charge in [-0.25, -0.2) is 0 Å². The summed E-state index contributed by atoms with van der Waals surface area (Å²) in [5.41, 5.74) is 10.8. The van der Waals surface area contributed by atoms with Crippen LogP contribution in [0.15, 0.2) is 0 Å². The van der Waals surface area contributed by atoms with E-state index in [9.17, 15) is 5.11 Å². The van der Waals surface area contributed by atoms with Gasteiger partial charge in [0, 0.05) is 12.1 Å². The zero-order valence-electron chi connectivity index (χ0n) is 6.38. The quantitative estimate of drug-likeness (QED) is 0.432. The van der Waals surface area contributed by atoms with Gasteiger partial charge in [-0.1, -0.05) is 0 Å². The number of hydrogen-bond acceptors (Lipinski definition) is 3. The van der Waals surface area contributed by atoms with Crippen molar-refractivity contribution < 1.29 is 5.11 Å². The van der Waals surface area contributed by atoms with E-state index in [1.165, 1.54) is 0 Å². The predicted octanol–water partition coefficient (Wildman–Crippen LogP) is -0.424. The molecule has 0 aromatic rings. The van der Waals surface area contributed by atoms with Crippen LogP contribution in [0.25, 0.3) is 0 Å². The molecule has 0 spiro atoms. The normalized spacial score (nSPS) is 49.2. The van der Waals surface area contributed by atoms with Crippen LogP contribution >= 0.6 is 0 Å². The van der Waals surface area contributed by atoms with E-state index in [4.69, 9.17) is 11.5 Å². The minimum Gasteiger partial charge on any atom is -0.390 e. The van der Waals surface area contributed by atoms with E-state index in [2.05, 4.69) is 0 Å². The van der Waals surface area contributed by atoms with Crippen molar-refractivity contribution in [2.45, 2.75) is 43.9 Å². The molecular formula is C7H16N2O. The van der Waals surface area contributed by atoms with Crippen molar-refractivity contribution in [2.24, 2.45) is 11.5 Å². The largest absolute Gasteiger partial charge is 0.390 e. The number of nitrogens with two attached hydrogens (primary N) is 2. The molecule has 1 aliphatic rings. The van der Waals surface area contributed by atoms with Crippen LogP contribution in [0.4, 0.5) is 0 Å². The maximum absolute atomic E-state index is 9.53. The highest BCUT2D eigenvalue weighted by atomic mass is 16.3. The summed E-state index contributed by atoms with van der Waals surface area (Å²) in [5.74, 6) is 0. The van der Waals surface area contributed by atoms with Gasteiger partial charge in [0.15, 0.2) is 0 Å². The molecule has 0 aliphatic heterocycles. The second-order valence-electron chi connectivity index (χ2n) is 3.57. The zero-order chi connectivity index (χ0) is 7.78. The van der Waals surface area contributed by atoms with Crippen LogP contribution in [0.3, 0.4) is 0 Å². The molecule has 0 aromatic carbocycles. The van der Waals surface area contributed by atoms with Crippen molar-refractivity contribution in [3.05, 3.63) is 0 Å². The van der Waals surface area contributed by atoms with E-state index in [0.717, 1.165) is 12.8 Å². The highest BCUT2D eigenvalue weighted by molar-refractivity contribution is 4.91. The molecule has 0 radical (unpaired) electrons. The Morgan fingerprint density at radius 3 is 2.40 bits per heavy atom. The summed E-state index contributed by atoms with van der Waals surface area (Å²) in [7, 11) is 0. The molecule has 0 amide bonds. The van der Waals surface area contributed by atoms with Crippen molar-refractivity contribution in [1.29, 1.82) is 0 Å². The van der Waals surface area contributed by atoms with Crippen molar-refractivity contribution in [1.82, 2.24) is 0 Å². The molecule has 0 bridgehead atoms. The summed E-state index contributed by atoms with van der Waals surface area (Å²) in [5, 5.41) is 9.53. The Bertz CT molecular complexity index is 125. The summed E-state index contributed by atoms with van der Waals surface area (Å²) in [4.78, 5) is 0. The van der Waals surface area contributed by atoms with E-state index < -0.39 is 5.60 Å². The Hall–Kier alpha value is -0.120.